The molecule has 1 N–H and O–H groups in total. The lowest BCUT2D eigenvalue weighted by molar-refractivity contribution is 0.260. The summed E-state index contributed by atoms with van der Waals surface area (Å²) in [5.74, 6) is 1.55. The summed E-state index contributed by atoms with van der Waals surface area (Å²) in [6.07, 6.45) is -0.315. The van der Waals surface area contributed by atoms with Crippen LogP contribution < -0.4 is 10.1 Å². The van der Waals surface area contributed by atoms with Crippen molar-refractivity contribution in [1.29, 1.82) is 0 Å². The molecule has 0 saturated heterocycles. The second-order valence-electron chi connectivity index (χ2n) is 16.2. The minimum absolute atomic E-state index is 0.315. The molecule has 0 spiro atoms. The molecule has 296 valence electrons. The van der Waals surface area contributed by atoms with E-state index >= 15 is 0 Å². The fraction of sp³-hybridized carbons (Fsp3) is 0.0169. The topological polar surface area (TPSA) is 47.0 Å². The van der Waals surface area contributed by atoms with Gasteiger partial charge in [-0.15, -0.1) is 0 Å². The van der Waals surface area contributed by atoms with E-state index in [1.807, 2.05) is 24.3 Å². The summed E-state index contributed by atoms with van der Waals surface area (Å²) in [6, 6.07) is 79.5. The molecule has 1 aliphatic heterocycles. The predicted molar refractivity (Wildman–Crippen MR) is 261 cm³/mol. The fourth-order valence-corrected chi connectivity index (χ4v) is 9.24. The summed E-state index contributed by atoms with van der Waals surface area (Å²) < 4.78 is 6.74. The van der Waals surface area contributed by atoms with Crippen molar-refractivity contribution >= 4 is 38.0 Å². The van der Waals surface area contributed by atoms with Crippen molar-refractivity contribution in [3.63, 3.8) is 0 Å². The average molecular weight is 806 g/mol. The van der Waals surface area contributed by atoms with E-state index in [0.29, 0.717) is 5.82 Å². The summed E-state index contributed by atoms with van der Waals surface area (Å²) in [5.41, 5.74) is 13.7. The van der Waals surface area contributed by atoms with E-state index in [2.05, 4.69) is 206 Å². The van der Waals surface area contributed by atoms with Gasteiger partial charge in [-0.1, -0.05) is 194 Å². The maximum absolute atomic E-state index is 6.74. The lowest BCUT2D eigenvalue weighted by Crippen LogP contribution is -2.10. The van der Waals surface area contributed by atoms with E-state index in [0.717, 1.165) is 78.3 Å². The third-order valence-electron chi connectivity index (χ3n) is 12.3. The zero-order valence-electron chi connectivity index (χ0n) is 34.2. The highest BCUT2D eigenvalue weighted by molar-refractivity contribution is 6.08. The van der Waals surface area contributed by atoms with Gasteiger partial charge in [-0.2, -0.15) is 0 Å². The van der Waals surface area contributed by atoms with Crippen LogP contribution in [-0.2, 0) is 0 Å². The Balaban J connectivity index is 0.991. The number of aromatic nitrogens is 2. The van der Waals surface area contributed by atoms with E-state index in [1.165, 1.54) is 32.5 Å². The van der Waals surface area contributed by atoms with Crippen molar-refractivity contribution < 1.29 is 4.74 Å². The molecule has 0 fully saturated rings. The van der Waals surface area contributed by atoms with Gasteiger partial charge < -0.3 is 10.1 Å². The molecule has 1 unspecified atom stereocenters. The third kappa shape index (κ3) is 6.66. The number of hydrogen-bond donors (Lipinski definition) is 1. The summed E-state index contributed by atoms with van der Waals surface area (Å²) in [4.78, 5) is 10.2. The van der Waals surface area contributed by atoms with Crippen molar-refractivity contribution in [2.24, 2.45) is 0 Å². The maximum atomic E-state index is 6.74. The molecular weight excluding hydrogens is 767 g/mol. The molecule has 1 aliphatic rings. The van der Waals surface area contributed by atoms with Gasteiger partial charge in [0, 0.05) is 27.8 Å². The Morgan fingerprint density at radius 2 is 0.921 bits per heavy atom. The Hall–Kier alpha value is -8.34. The number of nitrogens with one attached hydrogen (secondary N) is 1. The lowest BCUT2D eigenvalue weighted by Gasteiger charge is -2.17. The predicted octanol–water partition coefficient (Wildman–Crippen LogP) is 15.4. The van der Waals surface area contributed by atoms with Gasteiger partial charge in [0.2, 0.25) is 0 Å². The molecule has 4 nitrogen and oxygen atoms in total. The number of benzene rings is 10. The van der Waals surface area contributed by atoms with E-state index in [9.17, 15) is 0 Å². The van der Waals surface area contributed by atoms with Crippen LogP contribution >= 0.6 is 0 Å². The lowest BCUT2D eigenvalue weighted by atomic mass is 9.87. The second kappa shape index (κ2) is 15.3. The van der Waals surface area contributed by atoms with Crippen LogP contribution in [0.25, 0.3) is 99.6 Å². The molecule has 63 heavy (non-hydrogen) atoms. The normalized spacial score (nSPS) is 13.2. The van der Waals surface area contributed by atoms with Crippen LogP contribution in [0.3, 0.4) is 0 Å². The molecule has 12 rings (SSSR count). The van der Waals surface area contributed by atoms with Crippen LogP contribution in [0.4, 0.5) is 5.69 Å². The van der Waals surface area contributed by atoms with Crippen LogP contribution in [0, 0.1) is 0 Å². The van der Waals surface area contributed by atoms with E-state index in [-0.39, 0.29) is 6.23 Å². The number of ether oxygens (including phenoxy) is 1. The summed E-state index contributed by atoms with van der Waals surface area (Å²) in [5, 5.41) is 10.9. The zero-order chi connectivity index (χ0) is 41.7. The van der Waals surface area contributed by atoms with E-state index < -0.39 is 0 Å². The van der Waals surface area contributed by atoms with Crippen LogP contribution in [0.5, 0.6) is 5.75 Å². The smallest absolute Gasteiger partial charge is 0.196 e. The maximum Gasteiger partial charge on any atom is 0.196 e. The van der Waals surface area contributed by atoms with E-state index in [4.69, 9.17) is 14.7 Å². The molecule has 0 amide bonds. The van der Waals surface area contributed by atoms with Crippen molar-refractivity contribution in [3.8, 4) is 73.0 Å². The van der Waals surface area contributed by atoms with Crippen LogP contribution in [0.1, 0.15) is 11.8 Å². The molecule has 0 saturated carbocycles. The zero-order valence-corrected chi connectivity index (χ0v) is 34.2. The number of nitrogens with zero attached hydrogens (tertiary/aromatic N) is 2. The monoisotopic (exact) mass is 805 g/mol. The number of fused-ring (bicyclic) bond motifs is 4. The van der Waals surface area contributed by atoms with Gasteiger partial charge >= 0.3 is 0 Å². The number of anilines is 1. The minimum Gasteiger partial charge on any atom is -0.464 e. The molecule has 0 radical (unpaired) electrons. The quantitative estimate of drug-likeness (QED) is 0.174. The molecule has 10 aromatic carbocycles. The first-order valence-corrected chi connectivity index (χ1v) is 21.4. The third-order valence-corrected chi connectivity index (χ3v) is 12.3. The molecular formula is C59H39N3O. The summed E-state index contributed by atoms with van der Waals surface area (Å²) in [7, 11) is 0. The standard InChI is InChI=1S/C59H39N3O/c1-3-17-40(18-4-1)52-37-53(61-58(60-52)41-19-5-2-6-20-41)45-24-14-25-46(35-45)55-49-27-11-9-16-39(49)31-32-51(55)43-23-13-26-47(34-43)56-50-28-12-10-22-44(50)36-54-57(56)62-59(63-54)48-30-29-38-15-7-8-21-42(38)33-48/h1-37,59,62H. The van der Waals surface area contributed by atoms with Crippen LogP contribution in [-0.4, -0.2) is 9.97 Å². The Labute approximate surface area is 365 Å². The summed E-state index contributed by atoms with van der Waals surface area (Å²) in [6.45, 7) is 0. The van der Waals surface area contributed by atoms with Crippen molar-refractivity contribution in [2.75, 3.05) is 5.32 Å². The number of hydrogen-bond acceptors (Lipinski definition) is 4. The van der Waals surface area contributed by atoms with Gasteiger partial charge in [0.25, 0.3) is 0 Å². The van der Waals surface area contributed by atoms with Gasteiger partial charge in [-0.25, -0.2) is 9.97 Å². The Morgan fingerprint density at radius 1 is 0.365 bits per heavy atom. The second-order valence-corrected chi connectivity index (χ2v) is 16.2. The first kappa shape index (κ1) is 36.5. The Bertz CT molecular complexity index is 3470. The van der Waals surface area contributed by atoms with Crippen molar-refractivity contribution in [1.82, 2.24) is 9.97 Å². The SMILES string of the molecule is c1ccc(-c2cc(-c3cccc(-c4c(-c5cccc(-c6c7c(cc8ccccc68)OC(c6ccc8ccccc8c6)N7)c5)ccc5ccccc45)c3)nc(-c3ccccc3)n2)cc1. The first-order valence-electron chi connectivity index (χ1n) is 21.4. The Morgan fingerprint density at radius 3 is 1.70 bits per heavy atom. The average Bonchev–Trinajstić information content (AvgIpc) is 3.79. The molecule has 1 atom stereocenters. The summed E-state index contributed by atoms with van der Waals surface area (Å²) >= 11 is 0. The highest BCUT2D eigenvalue weighted by atomic mass is 16.5. The number of rotatable bonds is 7. The molecule has 11 aromatic rings. The highest BCUT2D eigenvalue weighted by Crippen LogP contribution is 2.50. The largest absolute Gasteiger partial charge is 0.464 e. The van der Waals surface area contributed by atoms with Gasteiger partial charge in [0.15, 0.2) is 12.1 Å². The minimum atomic E-state index is -0.315. The molecule has 0 bridgehead atoms. The fourth-order valence-electron chi connectivity index (χ4n) is 9.24. The molecule has 0 aliphatic carbocycles. The van der Waals surface area contributed by atoms with Crippen LogP contribution in [0.2, 0.25) is 0 Å². The Kier molecular flexibility index (Phi) is 8.86. The molecule has 1 aromatic heterocycles. The van der Waals surface area contributed by atoms with Crippen molar-refractivity contribution in [3.05, 3.63) is 230 Å². The van der Waals surface area contributed by atoms with Gasteiger partial charge in [-0.05, 0) is 90.5 Å². The van der Waals surface area contributed by atoms with Gasteiger partial charge in [-0.3, -0.25) is 0 Å². The van der Waals surface area contributed by atoms with E-state index in [1.54, 1.807) is 0 Å². The first-order chi connectivity index (χ1) is 31.2. The highest BCUT2D eigenvalue weighted by Gasteiger charge is 2.28. The van der Waals surface area contributed by atoms with Crippen LogP contribution in [0.15, 0.2) is 224 Å². The van der Waals surface area contributed by atoms with Gasteiger partial charge in [0.1, 0.15) is 5.75 Å². The van der Waals surface area contributed by atoms with Gasteiger partial charge in [0.05, 0.1) is 17.1 Å². The van der Waals surface area contributed by atoms with Crippen molar-refractivity contribution in [2.45, 2.75) is 6.23 Å². The molecule has 4 heteroatoms. The molecule has 2 heterocycles.